The van der Waals surface area contributed by atoms with E-state index in [0.29, 0.717) is 12.8 Å². The zero-order valence-electron chi connectivity index (χ0n) is 6.45. The lowest BCUT2D eigenvalue weighted by Crippen LogP contribution is -2.30. The predicted octanol–water partition coefficient (Wildman–Crippen LogP) is 0.394. The Labute approximate surface area is 65.1 Å². The number of carbonyl (C=O) groups is 1. The quantitative estimate of drug-likeness (QED) is 0.564. The van der Waals surface area contributed by atoms with Crippen LogP contribution in [0.15, 0.2) is 0 Å². The highest BCUT2D eigenvalue weighted by atomic mass is 16.7. The molecule has 2 unspecified atom stereocenters. The van der Waals surface area contributed by atoms with Gasteiger partial charge in [0.2, 0.25) is 6.29 Å². The van der Waals surface area contributed by atoms with Crippen molar-refractivity contribution in [3.63, 3.8) is 0 Å². The van der Waals surface area contributed by atoms with Gasteiger partial charge in [-0.25, -0.2) is 0 Å². The molecule has 4 heteroatoms. The molecular formula is C7H12O4. The predicted molar refractivity (Wildman–Crippen MR) is 36.5 cm³/mol. The van der Waals surface area contributed by atoms with Gasteiger partial charge in [-0.3, -0.25) is 4.79 Å². The van der Waals surface area contributed by atoms with Gasteiger partial charge in [0.05, 0.1) is 0 Å². The summed E-state index contributed by atoms with van der Waals surface area (Å²) in [5.74, 6) is -0.371. The summed E-state index contributed by atoms with van der Waals surface area (Å²) in [6, 6.07) is 0. The highest BCUT2D eigenvalue weighted by Crippen LogP contribution is 2.17. The highest BCUT2D eigenvalue weighted by molar-refractivity contribution is 5.66. The Morgan fingerprint density at radius 3 is 2.91 bits per heavy atom. The Bertz CT molecular complexity index is 145. The molecule has 1 rings (SSSR count). The van der Waals surface area contributed by atoms with Gasteiger partial charge in [-0.2, -0.15) is 0 Å². The molecule has 11 heavy (non-hydrogen) atoms. The number of ether oxygens (including phenoxy) is 2. The Kier molecular flexibility index (Phi) is 2.84. The largest absolute Gasteiger partial charge is 0.436 e. The lowest BCUT2D eigenvalue weighted by atomic mass is 10.2. The van der Waals surface area contributed by atoms with E-state index in [1.54, 1.807) is 0 Å². The topological polar surface area (TPSA) is 55.8 Å². The lowest BCUT2D eigenvalue weighted by molar-refractivity contribution is -0.244. The van der Waals surface area contributed by atoms with Crippen molar-refractivity contribution in [3.8, 4) is 0 Å². The fourth-order valence-electron chi connectivity index (χ4n) is 1.04. The Balaban J connectivity index is 2.28. The molecular weight excluding hydrogens is 148 g/mol. The second-order valence-corrected chi connectivity index (χ2v) is 2.56. The van der Waals surface area contributed by atoms with Crippen LogP contribution in [0, 0.1) is 0 Å². The molecule has 1 N–H and O–H groups in total. The molecule has 0 spiro atoms. The van der Waals surface area contributed by atoms with Crippen LogP contribution in [0.4, 0.5) is 0 Å². The van der Waals surface area contributed by atoms with Crippen LogP contribution in [0.25, 0.3) is 0 Å². The van der Waals surface area contributed by atoms with Crippen molar-refractivity contribution in [1.29, 1.82) is 0 Å². The Hall–Kier alpha value is -0.610. The summed E-state index contributed by atoms with van der Waals surface area (Å²) in [4.78, 5) is 10.4. The molecule has 1 aliphatic heterocycles. The maximum absolute atomic E-state index is 10.4. The number of aliphatic hydroxyl groups is 1. The zero-order chi connectivity index (χ0) is 8.27. The molecule has 0 aromatic heterocycles. The highest BCUT2D eigenvalue weighted by Gasteiger charge is 2.22. The second-order valence-electron chi connectivity index (χ2n) is 2.56. The monoisotopic (exact) mass is 160 g/mol. The number of hydrogen-bond acceptors (Lipinski definition) is 4. The van der Waals surface area contributed by atoms with Gasteiger partial charge in [0, 0.05) is 13.3 Å². The third-order valence-electron chi connectivity index (χ3n) is 1.50. The number of rotatable bonds is 1. The zero-order valence-corrected chi connectivity index (χ0v) is 6.45. The van der Waals surface area contributed by atoms with E-state index in [1.165, 1.54) is 6.92 Å². The second kappa shape index (κ2) is 3.69. The normalized spacial score (nSPS) is 31.5. The summed E-state index contributed by atoms with van der Waals surface area (Å²) in [6.45, 7) is 1.32. The number of hydrogen-bond donors (Lipinski definition) is 1. The van der Waals surface area contributed by atoms with E-state index in [-0.39, 0.29) is 5.97 Å². The first kappa shape index (κ1) is 8.49. The molecule has 4 nitrogen and oxygen atoms in total. The summed E-state index contributed by atoms with van der Waals surface area (Å²) in [7, 11) is 0. The maximum atomic E-state index is 10.4. The van der Waals surface area contributed by atoms with E-state index in [2.05, 4.69) is 0 Å². The molecule has 64 valence electrons. The first-order valence-electron chi connectivity index (χ1n) is 3.69. The summed E-state index contributed by atoms with van der Waals surface area (Å²) in [5.41, 5.74) is 0. The molecule has 0 bridgehead atoms. The van der Waals surface area contributed by atoms with Crippen molar-refractivity contribution in [3.05, 3.63) is 0 Å². The molecule has 1 saturated heterocycles. The van der Waals surface area contributed by atoms with E-state index < -0.39 is 12.6 Å². The van der Waals surface area contributed by atoms with Gasteiger partial charge >= 0.3 is 5.97 Å². The molecule has 2 atom stereocenters. The van der Waals surface area contributed by atoms with Gasteiger partial charge in [0.25, 0.3) is 0 Å². The fraction of sp³-hybridized carbons (Fsp3) is 0.857. The van der Waals surface area contributed by atoms with Crippen LogP contribution in [0.3, 0.4) is 0 Å². The lowest BCUT2D eigenvalue weighted by Gasteiger charge is -2.25. The first-order chi connectivity index (χ1) is 5.18. The van der Waals surface area contributed by atoms with Gasteiger partial charge in [-0.1, -0.05) is 0 Å². The van der Waals surface area contributed by atoms with Crippen molar-refractivity contribution in [1.82, 2.24) is 0 Å². The molecule has 0 amide bonds. The van der Waals surface area contributed by atoms with Crippen LogP contribution < -0.4 is 0 Å². The minimum Gasteiger partial charge on any atom is -0.436 e. The standard InChI is InChI=1S/C7H12O4/c1-5(8)10-7-4-2-3-6(9)11-7/h6-7,9H,2-4H2,1H3. The van der Waals surface area contributed by atoms with Crippen LogP contribution in [0.1, 0.15) is 26.2 Å². The van der Waals surface area contributed by atoms with Crippen molar-refractivity contribution in [2.24, 2.45) is 0 Å². The van der Waals surface area contributed by atoms with E-state index in [0.717, 1.165) is 6.42 Å². The Morgan fingerprint density at radius 1 is 1.64 bits per heavy atom. The van der Waals surface area contributed by atoms with E-state index in [4.69, 9.17) is 14.6 Å². The number of esters is 1. The minimum absolute atomic E-state index is 0.371. The number of carbonyl (C=O) groups excluding carboxylic acids is 1. The molecule has 0 saturated carbocycles. The van der Waals surface area contributed by atoms with Crippen molar-refractivity contribution in [2.75, 3.05) is 0 Å². The molecule has 1 fully saturated rings. The number of aliphatic hydroxyl groups excluding tert-OH is 1. The van der Waals surface area contributed by atoms with Crippen LogP contribution in [0.2, 0.25) is 0 Å². The summed E-state index contributed by atoms with van der Waals surface area (Å²) in [6.07, 6.45) is 0.817. The molecule has 0 aromatic carbocycles. The van der Waals surface area contributed by atoms with Crippen molar-refractivity contribution in [2.45, 2.75) is 38.8 Å². The van der Waals surface area contributed by atoms with Crippen molar-refractivity contribution < 1.29 is 19.4 Å². The molecule has 1 aliphatic rings. The summed E-state index contributed by atoms with van der Waals surface area (Å²) in [5, 5.41) is 8.98. The van der Waals surface area contributed by atoms with Crippen LogP contribution in [0.5, 0.6) is 0 Å². The third-order valence-corrected chi connectivity index (χ3v) is 1.50. The molecule has 0 radical (unpaired) electrons. The molecule has 1 heterocycles. The summed E-state index contributed by atoms with van der Waals surface area (Å²) >= 11 is 0. The van der Waals surface area contributed by atoms with E-state index in [1.807, 2.05) is 0 Å². The Morgan fingerprint density at radius 2 is 2.36 bits per heavy atom. The smallest absolute Gasteiger partial charge is 0.304 e. The van der Waals surface area contributed by atoms with E-state index in [9.17, 15) is 4.79 Å². The fourth-order valence-corrected chi connectivity index (χ4v) is 1.04. The van der Waals surface area contributed by atoms with Gasteiger partial charge in [-0.05, 0) is 12.8 Å². The SMILES string of the molecule is CC(=O)OC1CCCC(O)O1. The van der Waals surface area contributed by atoms with Gasteiger partial charge < -0.3 is 14.6 Å². The minimum atomic E-state index is -0.770. The average molecular weight is 160 g/mol. The van der Waals surface area contributed by atoms with E-state index >= 15 is 0 Å². The van der Waals surface area contributed by atoms with Crippen LogP contribution in [-0.2, 0) is 14.3 Å². The molecule has 0 aliphatic carbocycles. The molecule has 0 aromatic rings. The van der Waals surface area contributed by atoms with Gasteiger partial charge in [-0.15, -0.1) is 0 Å². The maximum Gasteiger partial charge on any atom is 0.304 e. The van der Waals surface area contributed by atoms with Gasteiger partial charge in [0.1, 0.15) is 0 Å². The third kappa shape index (κ3) is 2.86. The van der Waals surface area contributed by atoms with Crippen molar-refractivity contribution >= 4 is 5.97 Å². The average Bonchev–Trinajstić information content (AvgIpc) is 1.85. The van der Waals surface area contributed by atoms with Gasteiger partial charge in [0.15, 0.2) is 6.29 Å². The van der Waals surface area contributed by atoms with Crippen LogP contribution >= 0.6 is 0 Å². The summed E-state index contributed by atoms with van der Waals surface area (Å²) < 4.78 is 9.65. The first-order valence-corrected chi connectivity index (χ1v) is 3.69. The van der Waals surface area contributed by atoms with Crippen LogP contribution in [-0.4, -0.2) is 23.7 Å².